The van der Waals surface area contributed by atoms with Crippen LogP contribution in [0.2, 0.25) is 0 Å². The molecule has 0 spiro atoms. The molecule has 0 aliphatic heterocycles. The number of rotatable bonds is 0. The van der Waals surface area contributed by atoms with Crippen LogP contribution in [0.15, 0.2) is 18.2 Å². The lowest BCUT2D eigenvalue weighted by Gasteiger charge is -1.38. The van der Waals surface area contributed by atoms with Gasteiger partial charge in [0.25, 0.3) is 0 Å². The van der Waals surface area contributed by atoms with Gasteiger partial charge in [0.1, 0.15) is 6.79 Å². The van der Waals surface area contributed by atoms with Crippen molar-refractivity contribution in [1.82, 2.24) is 6.15 Å². The highest BCUT2D eigenvalue weighted by Gasteiger charge is 1.09. The summed E-state index contributed by atoms with van der Waals surface area (Å²) in [6.07, 6.45) is 0. The molecule has 3 N–H and O–H groups in total. The number of aliphatic imine (C=N–C) groups is 1. The summed E-state index contributed by atoms with van der Waals surface area (Å²) in [6, 6.07) is 0. The van der Waals surface area contributed by atoms with Gasteiger partial charge in [0.2, 0.25) is 0 Å². The van der Waals surface area contributed by atoms with Crippen LogP contribution in [-0.4, -0.2) is 20.6 Å². The Kier molecular flexibility index (Phi) is 82700. The predicted molar refractivity (Wildman–Crippen MR) is 90.0 cm³/mol. The lowest BCUT2D eigenvalue weighted by Crippen LogP contribution is -1.26. The van der Waals surface area contributed by atoms with Crippen LogP contribution in [0.5, 0.6) is 0 Å². The van der Waals surface area contributed by atoms with E-state index in [2.05, 4.69) is 24.9 Å². The highest BCUT2D eigenvalue weighted by Crippen LogP contribution is 1.22. The maximum Gasteiger partial charge on any atom is 0.106 e. The van der Waals surface area contributed by atoms with Gasteiger partial charge in [-0.2, -0.15) is 13.5 Å². The molecule has 0 aromatic rings. The number of nitrogens with zero attached hydrogens (tertiary/aromatic N) is 1. The van der Waals surface area contributed by atoms with Gasteiger partial charge in [0.15, 0.2) is 0 Å². The van der Waals surface area contributed by atoms with Crippen molar-refractivity contribution in [2.75, 3.05) is 7.05 Å². The largest absolute Gasteiger partial charge is 0.344 e. The summed E-state index contributed by atoms with van der Waals surface area (Å²) in [4.78, 5) is 11.2. The van der Waals surface area contributed by atoms with Crippen molar-refractivity contribution in [3.63, 3.8) is 0 Å². The molecule has 108 valence electrons. The van der Waals surface area contributed by atoms with Crippen LogP contribution in [0.3, 0.4) is 0 Å². The van der Waals surface area contributed by atoms with E-state index < -0.39 is 0 Å². The maximum absolute atomic E-state index is 8.00. The molecular weight excluding hydrogens is 220 g/mol. The molecule has 0 rings (SSSR count). The summed E-state index contributed by atoms with van der Waals surface area (Å²) < 4.78 is 0. The molecule has 0 amide bonds. The summed E-state index contributed by atoms with van der Waals surface area (Å²) >= 11 is 0. The van der Waals surface area contributed by atoms with E-state index in [-0.39, 0.29) is 27.1 Å². The van der Waals surface area contributed by atoms with Crippen LogP contribution >= 0.6 is 13.5 Å². The van der Waals surface area contributed by atoms with Gasteiger partial charge in [0.05, 0.1) is 0 Å². The van der Waals surface area contributed by atoms with E-state index in [0.717, 1.165) is 0 Å². The molecule has 0 aliphatic rings. The molecule has 0 unspecified atom stereocenters. The summed E-state index contributed by atoms with van der Waals surface area (Å²) in [7, 11) is 1.64. The lowest BCUT2D eigenvalue weighted by atomic mass is 11.0. The molecule has 4 heteroatoms. The zero-order valence-corrected chi connectivity index (χ0v) is 12.9. The summed E-state index contributed by atoms with van der Waals surface area (Å²) in [5.74, 6) is 0. The second-order valence-electron chi connectivity index (χ2n) is 0.316. The first-order valence-electron chi connectivity index (χ1n) is 4.55. The van der Waals surface area contributed by atoms with Gasteiger partial charge < -0.3 is 15.9 Å². The molecule has 0 aliphatic carbocycles. The Balaban J connectivity index is -0.00000000511. The topological polar surface area (TPSA) is 64.4 Å². The van der Waals surface area contributed by atoms with Crippen LogP contribution in [0.1, 0.15) is 49.0 Å². The first-order valence-corrected chi connectivity index (χ1v) is 4.55. The molecule has 0 aromatic heterocycles. The van der Waals surface area contributed by atoms with Crippen LogP contribution in [0.4, 0.5) is 0 Å². The van der Waals surface area contributed by atoms with E-state index in [4.69, 9.17) is 4.79 Å². The average molecular weight is 259 g/mol. The highest BCUT2D eigenvalue weighted by atomic mass is 32.1. The smallest absolute Gasteiger partial charge is 0.106 e. The number of carbonyl (C=O) groups is 1. The second-order valence-corrected chi connectivity index (χ2v) is 0.316. The molecule has 3 nitrogen and oxygen atoms in total. The van der Waals surface area contributed by atoms with Gasteiger partial charge in [-0.1, -0.05) is 49.0 Å². The first kappa shape index (κ1) is 78.0. The maximum atomic E-state index is 8.00. The normalized spacial score (nSPS) is 2.44. The van der Waals surface area contributed by atoms with Crippen molar-refractivity contribution in [2.45, 2.75) is 49.0 Å². The zero-order valence-electron chi connectivity index (χ0n) is 11.9. The minimum Gasteiger partial charge on any atom is -0.344 e. The minimum atomic E-state index is 0. The van der Waals surface area contributed by atoms with E-state index in [1.54, 1.807) is 7.05 Å². The summed E-state index contributed by atoms with van der Waals surface area (Å²) in [6.45, 7) is 23.1. The van der Waals surface area contributed by atoms with E-state index in [1.807, 2.05) is 48.3 Å². The number of carbonyl (C=O) groups excluding carboxylic acids is 1. The van der Waals surface area contributed by atoms with Crippen LogP contribution < -0.4 is 6.15 Å². The van der Waals surface area contributed by atoms with E-state index in [9.17, 15) is 0 Å². The third-order valence-corrected chi connectivity index (χ3v) is 0. The van der Waals surface area contributed by atoms with Gasteiger partial charge >= 0.3 is 0 Å². The number of hydrogen-bond acceptors (Lipinski definition) is 3. The fourth-order valence-corrected chi connectivity index (χ4v) is 0. The van der Waals surface area contributed by atoms with Crippen LogP contribution in [0, 0.1) is 0 Å². The standard InChI is InChI=1S/C2H5N.3C2H6.C2H4.CH2O.CH4.H3N.H2S/c1-3-2;5*1-2;;;/h1H2,2H3;3*1-2H3;1-2H2;1H2;1H4;1H3;1H2. The molecule has 0 aromatic carbocycles. The molecule has 0 atom stereocenters. The van der Waals surface area contributed by atoms with E-state index >= 15 is 0 Å². The van der Waals surface area contributed by atoms with Crippen molar-refractivity contribution < 1.29 is 4.79 Å². The fourth-order valence-electron chi connectivity index (χ4n) is 0. The Morgan fingerprint density at radius 1 is 0.812 bits per heavy atom. The predicted octanol–water partition coefficient (Wildman–Crippen LogP) is 4.92. The average Bonchev–Trinajstić information content (AvgIpc) is 2.32. The Bertz CT molecular complexity index is 38.2. The van der Waals surface area contributed by atoms with Gasteiger partial charge in [-0.25, -0.2) is 0 Å². The van der Waals surface area contributed by atoms with Gasteiger partial charge in [-0.05, 0) is 6.72 Å². The molecule has 0 saturated heterocycles. The number of hydrogen-bond donors (Lipinski definition) is 1. The SMILES string of the molecule is C.C=C.C=NC.C=O.CC.CC.CC.N.S. The second kappa shape index (κ2) is 17000. The highest BCUT2D eigenvalue weighted by molar-refractivity contribution is 7.59. The quantitative estimate of drug-likeness (QED) is 0.495. The molecule has 0 saturated carbocycles. The Hall–Kier alpha value is -0.610. The van der Waals surface area contributed by atoms with Gasteiger partial charge in [-0.3, -0.25) is 0 Å². The van der Waals surface area contributed by atoms with Crippen LogP contribution in [0.25, 0.3) is 0 Å². The Morgan fingerprint density at radius 3 is 0.812 bits per heavy atom. The minimum absolute atomic E-state index is 0. The summed E-state index contributed by atoms with van der Waals surface area (Å²) in [5, 5.41) is 0. The molecule has 0 heterocycles. The van der Waals surface area contributed by atoms with Crippen molar-refractivity contribution >= 4 is 27.0 Å². The van der Waals surface area contributed by atoms with Crippen LogP contribution in [-0.2, 0) is 4.79 Å². The Morgan fingerprint density at radius 2 is 0.812 bits per heavy atom. The van der Waals surface area contributed by atoms with Crippen molar-refractivity contribution in [3.05, 3.63) is 13.2 Å². The fraction of sp³-hybridized carbons (Fsp3) is 0.667. The molecule has 0 bridgehead atoms. The van der Waals surface area contributed by atoms with E-state index in [1.165, 1.54) is 0 Å². The molecular formula is C12H38N2OS. The monoisotopic (exact) mass is 258 g/mol. The van der Waals surface area contributed by atoms with E-state index in [0.29, 0.717) is 0 Å². The molecule has 0 fully saturated rings. The van der Waals surface area contributed by atoms with Crippen molar-refractivity contribution in [3.8, 4) is 0 Å². The first-order chi connectivity index (χ1) is 6.41. The zero-order chi connectivity index (χ0) is 12.7. The summed E-state index contributed by atoms with van der Waals surface area (Å²) in [5.41, 5.74) is 0. The Labute approximate surface area is 112 Å². The third-order valence-electron chi connectivity index (χ3n) is 0. The third kappa shape index (κ3) is 5520. The van der Waals surface area contributed by atoms with Gasteiger partial charge in [0, 0.05) is 7.05 Å². The molecule has 0 radical (unpaired) electrons. The lowest BCUT2D eigenvalue weighted by molar-refractivity contribution is -0.0979. The van der Waals surface area contributed by atoms with Crippen molar-refractivity contribution in [2.24, 2.45) is 4.99 Å². The van der Waals surface area contributed by atoms with Crippen molar-refractivity contribution in [1.29, 1.82) is 0 Å². The van der Waals surface area contributed by atoms with Gasteiger partial charge in [-0.15, -0.1) is 13.2 Å². The molecule has 16 heavy (non-hydrogen) atoms.